The molecule has 0 aromatic carbocycles. The van der Waals surface area contributed by atoms with E-state index in [-0.39, 0.29) is 18.1 Å². The molecule has 4 heteroatoms. The number of nitrogens with one attached hydrogen (secondary N) is 2. The Kier molecular flexibility index (Phi) is 4.80. The monoisotopic (exact) mass is 240 g/mol. The molecular formula is C13H24N2O2. The van der Waals surface area contributed by atoms with Gasteiger partial charge in [-0.3, -0.25) is 4.79 Å². The van der Waals surface area contributed by atoms with Gasteiger partial charge < -0.3 is 15.7 Å². The highest BCUT2D eigenvalue weighted by molar-refractivity contribution is 5.76. The van der Waals surface area contributed by atoms with E-state index in [4.69, 9.17) is 0 Å². The van der Waals surface area contributed by atoms with Crippen molar-refractivity contribution in [1.82, 2.24) is 10.6 Å². The molecule has 1 heterocycles. The molecule has 1 aliphatic carbocycles. The third kappa shape index (κ3) is 3.96. The highest BCUT2D eigenvalue weighted by Gasteiger charge is 2.24. The fourth-order valence-corrected chi connectivity index (χ4v) is 2.87. The van der Waals surface area contributed by atoms with Gasteiger partial charge in [-0.25, -0.2) is 0 Å². The van der Waals surface area contributed by atoms with E-state index >= 15 is 0 Å². The van der Waals surface area contributed by atoms with Gasteiger partial charge in [0, 0.05) is 12.5 Å². The van der Waals surface area contributed by atoms with Crippen molar-refractivity contribution in [2.75, 3.05) is 6.54 Å². The van der Waals surface area contributed by atoms with Gasteiger partial charge in [-0.15, -0.1) is 0 Å². The molecule has 0 spiro atoms. The Bertz CT molecular complexity index is 252. The zero-order chi connectivity index (χ0) is 12.1. The van der Waals surface area contributed by atoms with Gasteiger partial charge in [-0.2, -0.15) is 0 Å². The summed E-state index contributed by atoms with van der Waals surface area (Å²) in [4.78, 5) is 11.8. The van der Waals surface area contributed by atoms with Gasteiger partial charge in [-0.1, -0.05) is 12.8 Å². The van der Waals surface area contributed by atoms with Crippen molar-refractivity contribution in [1.29, 1.82) is 0 Å². The maximum Gasteiger partial charge on any atom is 0.220 e. The lowest BCUT2D eigenvalue weighted by atomic mass is 9.92. The van der Waals surface area contributed by atoms with Gasteiger partial charge in [0.1, 0.15) is 0 Å². The largest absolute Gasteiger partial charge is 0.391 e. The van der Waals surface area contributed by atoms with E-state index in [1.54, 1.807) is 0 Å². The summed E-state index contributed by atoms with van der Waals surface area (Å²) in [5.74, 6) is 0.102. The first kappa shape index (κ1) is 12.8. The zero-order valence-electron chi connectivity index (χ0n) is 10.5. The van der Waals surface area contributed by atoms with Crippen LogP contribution in [-0.4, -0.2) is 35.7 Å². The lowest BCUT2D eigenvalue weighted by Gasteiger charge is -2.28. The fraction of sp³-hybridized carbons (Fsp3) is 0.923. The number of rotatable bonds is 4. The van der Waals surface area contributed by atoms with Crippen LogP contribution in [0.1, 0.15) is 51.4 Å². The molecule has 1 unspecified atom stereocenters. The lowest BCUT2D eigenvalue weighted by Crippen LogP contribution is -2.45. The fourth-order valence-electron chi connectivity index (χ4n) is 2.87. The van der Waals surface area contributed by atoms with Crippen molar-refractivity contribution in [2.24, 2.45) is 0 Å². The van der Waals surface area contributed by atoms with Gasteiger partial charge in [0.25, 0.3) is 0 Å². The molecule has 1 aliphatic heterocycles. The van der Waals surface area contributed by atoms with Crippen LogP contribution >= 0.6 is 0 Å². The molecule has 0 aromatic heterocycles. The lowest BCUT2D eigenvalue weighted by molar-refractivity contribution is -0.123. The van der Waals surface area contributed by atoms with Gasteiger partial charge >= 0.3 is 0 Å². The first-order valence-corrected chi connectivity index (χ1v) is 6.96. The van der Waals surface area contributed by atoms with Crippen molar-refractivity contribution in [3.05, 3.63) is 0 Å². The number of amides is 1. The predicted octanol–water partition coefficient (Wildman–Crippen LogP) is 0.938. The van der Waals surface area contributed by atoms with Crippen LogP contribution in [-0.2, 0) is 4.79 Å². The summed E-state index contributed by atoms with van der Waals surface area (Å²) >= 11 is 0. The molecule has 2 fully saturated rings. The third-order valence-electron chi connectivity index (χ3n) is 3.96. The smallest absolute Gasteiger partial charge is 0.220 e. The van der Waals surface area contributed by atoms with Crippen LogP contribution in [0.3, 0.4) is 0 Å². The maximum atomic E-state index is 11.8. The molecular weight excluding hydrogens is 216 g/mol. The molecule has 1 saturated heterocycles. The van der Waals surface area contributed by atoms with E-state index in [0.717, 1.165) is 38.6 Å². The van der Waals surface area contributed by atoms with Crippen molar-refractivity contribution < 1.29 is 9.90 Å². The number of hydrogen-bond acceptors (Lipinski definition) is 3. The molecule has 2 aliphatic rings. The molecule has 0 bridgehead atoms. The maximum absolute atomic E-state index is 11.8. The first-order valence-electron chi connectivity index (χ1n) is 6.96. The second kappa shape index (κ2) is 6.36. The Labute approximate surface area is 103 Å². The molecule has 1 amide bonds. The minimum atomic E-state index is -0.336. The summed E-state index contributed by atoms with van der Waals surface area (Å²) in [5, 5.41) is 16.1. The first-order chi connectivity index (χ1) is 8.25. The highest BCUT2D eigenvalue weighted by Crippen LogP contribution is 2.18. The summed E-state index contributed by atoms with van der Waals surface area (Å²) in [6.45, 7) is 1.09. The van der Waals surface area contributed by atoms with E-state index in [2.05, 4.69) is 10.6 Å². The van der Waals surface area contributed by atoms with E-state index in [9.17, 15) is 9.90 Å². The quantitative estimate of drug-likeness (QED) is 0.685. The second-order valence-corrected chi connectivity index (χ2v) is 5.36. The molecule has 4 nitrogen and oxygen atoms in total. The molecule has 3 atom stereocenters. The zero-order valence-corrected chi connectivity index (χ0v) is 10.5. The Hall–Kier alpha value is -0.610. The molecule has 1 saturated carbocycles. The van der Waals surface area contributed by atoms with Crippen LogP contribution in [0.15, 0.2) is 0 Å². The number of aliphatic hydroxyl groups excluding tert-OH is 1. The van der Waals surface area contributed by atoms with Crippen LogP contribution in [0.5, 0.6) is 0 Å². The summed E-state index contributed by atoms with van der Waals surface area (Å²) in [6, 6.07) is 0.518. The van der Waals surface area contributed by atoms with Crippen LogP contribution in [0, 0.1) is 0 Å². The van der Waals surface area contributed by atoms with Gasteiger partial charge in [0.2, 0.25) is 5.91 Å². The number of carbonyl (C=O) groups excluding carboxylic acids is 1. The number of aliphatic hydroxyl groups is 1. The summed E-state index contributed by atoms with van der Waals surface area (Å²) in [6.07, 6.45) is 7.55. The second-order valence-electron chi connectivity index (χ2n) is 5.36. The van der Waals surface area contributed by atoms with Crippen molar-refractivity contribution in [2.45, 2.75) is 69.6 Å². The Morgan fingerprint density at radius 3 is 2.76 bits per heavy atom. The van der Waals surface area contributed by atoms with Crippen molar-refractivity contribution in [3.63, 3.8) is 0 Å². The van der Waals surface area contributed by atoms with Crippen LogP contribution in [0.2, 0.25) is 0 Å². The predicted molar refractivity (Wildman–Crippen MR) is 66.7 cm³/mol. The topological polar surface area (TPSA) is 61.4 Å². The Morgan fingerprint density at radius 1 is 1.24 bits per heavy atom. The molecule has 2 rings (SSSR count). The average molecular weight is 240 g/mol. The Balaban J connectivity index is 1.65. The van der Waals surface area contributed by atoms with E-state index in [1.165, 1.54) is 12.8 Å². The Morgan fingerprint density at radius 2 is 2.06 bits per heavy atom. The third-order valence-corrected chi connectivity index (χ3v) is 3.96. The van der Waals surface area contributed by atoms with E-state index < -0.39 is 0 Å². The van der Waals surface area contributed by atoms with Crippen molar-refractivity contribution in [3.8, 4) is 0 Å². The van der Waals surface area contributed by atoms with E-state index in [1.807, 2.05) is 0 Å². The van der Waals surface area contributed by atoms with Crippen molar-refractivity contribution >= 4 is 5.91 Å². The van der Waals surface area contributed by atoms with E-state index in [0.29, 0.717) is 12.5 Å². The van der Waals surface area contributed by atoms with Gasteiger partial charge in [0.05, 0.1) is 12.1 Å². The molecule has 17 heavy (non-hydrogen) atoms. The molecule has 98 valence electrons. The summed E-state index contributed by atoms with van der Waals surface area (Å²) in [5.41, 5.74) is 0. The minimum absolute atomic E-state index is 0.00668. The average Bonchev–Trinajstić information content (AvgIpc) is 2.82. The van der Waals surface area contributed by atoms with Gasteiger partial charge in [-0.05, 0) is 38.6 Å². The van der Waals surface area contributed by atoms with Crippen LogP contribution < -0.4 is 10.6 Å². The summed E-state index contributed by atoms with van der Waals surface area (Å²) < 4.78 is 0. The van der Waals surface area contributed by atoms with Crippen LogP contribution in [0.25, 0.3) is 0 Å². The number of hydrogen-bond donors (Lipinski definition) is 3. The van der Waals surface area contributed by atoms with Gasteiger partial charge in [0.15, 0.2) is 0 Å². The van der Waals surface area contributed by atoms with Crippen LogP contribution in [0.4, 0.5) is 0 Å². The molecule has 0 aromatic rings. The summed E-state index contributed by atoms with van der Waals surface area (Å²) in [7, 11) is 0. The normalized spacial score (nSPS) is 33.6. The standard InChI is InChI=1S/C13H24N2O2/c16-12-6-2-1-5-11(12)15-13(17)8-7-10-4-3-9-14-10/h10-12,14,16H,1-9H2,(H,15,17)/t10?,11-,12-/m1/s1. The molecule has 0 radical (unpaired) electrons. The molecule has 3 N–H and O–H groups in total. The highest BCUT2D eigenvalue weighted by atomic mass is 16.3. The SMILES string of the molecule is O=C(CCC1CCCN1)N[C@@H]1CCCC[C@H]1O. The number of carbonyl (C=O) groups is 1. The minimum Gasteiger partial charge on any atom is -0.391 e.